The maximum atomic E-state index is 12.0. The minimum atomic E-state index is -4.32. The Hall–Kier alpha value is -0.300. The Bertz CT molecular complexity index is 570. The van der Waals surface area contributed by atoms with Crippen LogP contribution in [0, 0.1) is 0 Å². The molecule has 19 heavy (non-hydrogen) atoms. The first-order chi connectivity index (χ1) is 8.88. The second-order valence-corrected chi connectivity index (χ2v) is 6.17. The van der Waals surface area contributed by atoms with Crippen LogP contribution in [0.3, 0.4) is 0 Å². The van der Waals surface area contributed by atoms with Gasteiger partial charge in [-0.15, -0.1) is 22.9 Å². The van der Waals surface area contributed by atoms with Crippen LogP contribution < -0.4 is 0 Å². The first-order valence-corrected chi connectivity index (χ1v) is 7.43. The fraction of sp³-hybridized carbons (Fsp3) is 0.333. The summed E-state index contributed by atoms with van der Waals surface area (Å²) < 4.78 is 42.5. The molecule has 0 fully saturated rings. The van der Waals surface area contributed by atoms with Crippen molar-refractivity contribution < 1.29 is 17.9 Å². The molecule has 0 aliphatic carbocycles. The Balaban J connectivity index is 2.09. The summed E-state index contributed by atoms with van der Waals surface area (Å²) >= 11 is 11.0. The summed E-state index contributed by atoms with van der Waals surface area (Å²) in [6.45, 7) is -1.44. The molecular weight excluding hydrogens is 365 g/mol. The van der Waals surface area contributed by atoms with Gasteiger partial charge in [0.2, 0.25) is 0 Å². The first kappa shape index (κ1) is 15.1. The number of ether oxygens (including phenoxy) is 1. The van der Waals surface area contributed by atoms with Gasteiger partial charge >= 0.3 is 6.18 Å². The number of hydrogen-bond acceptors (Lipinski definition) is 2. The smallest absolute Gasteiger partial charge is 0.370 e. The normalized spacial score (nSPS) is 13.9. The standard InChI is InChI=1S/C12H9BrClF3OS/c13-9-3-1-2-7-8(5-19-11(7)9)10(14)4-18-6-12(15,16)17/h1-3,5,10H,4,6H2. The summed E-state index contributed by atoms with van der Waals surface area (Å²) in [6.07, 6.45) is -4.32. The van der Waals surface area contributed by atoms with Gasteiger partial charge in [0.05, 0.1) is 12.0 Å². The van der Waals surface area contributed by atoms with Crippen LogP contribution >= 0.6 is 38.9 Å². The van der Waals surface area contributed by atoms with Crippen molar-refractivity contribution in [3.05, 3.63) is 33.6 Å². The molecule has 104 valence electrons. The molecule has 0 amide bonds. The average molecular weight is 374 g/mol. The Morgan fingerprint density at radius 2 is 2.11 bits per heavy atom. The molecule has 0 saturated carbocycles. The first-order valence-electron chi connectivity index (χ1n) is 5.32. The van der Waals surface area contributed by atoms with Crippen molar-refractivity contribution >= 4 is 49.0 Å². The van der Waals surface area contributed by atoms with Crippen LogP contribution in [0.25, 0.3) is 10.1 Å². The zero-order valence-corrected chi connectivity index (χ0v) is 12.7. The largest absolute Gasteiger partial charge is 0.411 e. The van der Waals surface area contributed by atoms with Crippen LogP contribution in [-0.4, -0.2) is 19.4 Å². The van der Waals surface area contributed by atoms with Gasteiger partial charge in [0.15, 0.2) is 0 Å². The molecule has 0 N–H and O–H groups in total. The average Bonchev–Trinajstić information content (AvgIpc) is 2.72. The van der Waals surface area contributed by atoms with E-state index in [-0.39, 0.29) is 6.61 Å². The number of fused-ring (bicyclic) bond motifs is 1. The Labute approximate surface area is 125 Å². The quantitative estimate of drug-likeness (QED) is 0.641. The van der Waals surface area contributed by atoms with E-state index in [0.29, 0.717) is 0 Å². The van der Waals surface area contributed by atoms with E-state index in [1.54, 1.807) is 0 Å². The Morgan fingerprint density at radius 1 is 1.37 bits per heavy atom. The molecule has 7 heteroatoms. The lowest BCUT2D eigenvalue weighted by atomic mass is 10.1. The van der Waals surface area contributed by atoms with Gasteiger partial charge in [-0.05, 0) is 38.3 Å². The van der Waals surface area contributed by atoms with Gasteiger partial charge in [-0.1, -0.05) is 12.1 Å². The van der Waals surface area contributed by atoms with Crippen molar-refractivity contribution in [1.82, 2.24) is 0 Å². The van der Waals surface area contributed by atoms with E-state index in [9.17, 15) is 13.2 Å². The molecule has 1 nitrogen and oxygen atoms in total. The second kappa shape index (κ2) is 5.99. The maximum absolute atomic E-state index is 12.0. The van der Waals surface area contributed by atoms with Gasteiger partial charge in [-0.3, -0.25) is 0 Å². The second-order valence-electron chi connectivity index (χ2n) is 3.91. The van der Waals surface area contributed by atoms with Crippen LogP contribution in [0.15, 0.2) is 28.1 Å². The van der Waals surface area contributed by atoms with Crippen molar-refractivity contribution in [2.45, 2.75) is 11.6 Å². The number of halogens is 5. The minimum Gasteiger partial charge on any atom is -0.370 e. The monoisotopic (exact) mass is 372 g/mol. The lowest BCUT2D eigenvalue weighted by molar-refractivity contribution is -0.173. The number of hydrogen-bond donors (Lipinski definition) is 0. The van der Waals surface area contributed by atoms with E-state index in [1.165, 1.54) is 11.3 Å². The predicted molar refractivity (Wildman–Crippen MR) is 75.0 cm³/mol. The predicted octanol–water partition coefficient (Wildman–Crippen LogP) is 5.52. The zero-order valence-electron chi connectivity index (χ0n) is 9.51. The molecule has 1 atom stereocenters. The van der Waals surface area contributed by atoms with Gasteiger partial charge in [0, 0.05) is 9.17 Å². The van der Waals surface area contributed by atoms with Crippen molar-refractivity contribution in [3.8, 4) is 0 Å². The maximum Gasteiger partial charge on any atom is 0.411 e. The minimum absolute atomic E-state index is 0.167. The van der Waals surface area contributed by atoms with Gasteiger partial charge < -0.3 is 4.74 Å². The summed E-state index contributed by atoms with van der Waals surface area (Å²) in [7, 11) is 0. The van der Waals surface area contributed by atoms with E-state index in [1.807, 2.05) is 23.6 Å². The highest BCUT2D eigenvalue weighted by atomic mass is 79.9. The number of alkyl halides is 4. The van der Waals surface area contributed by atoms with Crippen LogP contribution in [0.2, 0.25) is 0 Å². The molecule has 1 unspecified atom stereocenters. The van der Waals surface area contributed by atoms with Gasteiger partial charge in [0.1, 0.15) is 6.61 Å². The van der Waals surface area contributed by atoms with E-state index >= 15 is 0 Å². The number of thiophene rings is 1. The molecule has 0 radical (unpaired) electrons. The Kier molecular flexibility index (Phi) is 4.76. The summed E-state index contributed by atoms with van der Waals surface area (Å²) in [5.74, 6) is 0. The fourth-order valence-electron chi connectivity index (χ4n) is 1.65. The summed E-state index contributed by atoms with van der Waals surface area (Å²) in [6, 6.07) is 5.67. The van der Waals surface area contributed by atoms with E-state index in [2.05, 4.69) is 20.7 Å². The van der Waals surface area contributed by atoms with E-state index < -0.39 is 18.2 Å². The molecular formula is C12H9BrClF3OS. The molecule has 0 aliphatic rings. The van der Waals surface area contributed by atoms with E-state index in [0.717, 1.165) is 20.1 Å². The summed E-state index contributed by atoms with van der Waals surface area (Å²) in [5, 5.41) is 2.20. The number of rotatable bonds is 4. The summed E-state index contributed by atoms with van der Waals surface area (Å²) in [4.78, 5) is 0. The Morgan fingerprint density at radius 3 is 2.79 bits per heavy atom. The van der Waals surface area contributed by atoms with Gasteiger partial charge in [0.25, 0.3) is 0 Å². The van der Waals surface area contributed by atoms with Crippen molar-refractivity contribution in [2.75, 3.05) is 13.2 Å². The van der Waals surface area contributed by atoms with Crippen LogP contribution in [0.4, 0.5) is 13.2 Å². The van der Waals surface area contributed by atoms with Crippen LogP contribution in [0.5, 0.6) is 0 Å². The third-order valence-corrected chi connectivity index (χ3v) is 4.78. The highest BCUT2D eigenvalue weighted by molar-refractivity contribution is 9.10. The fourth-order valence-corrected chi connectivity index (χ4v) is 3.67. The highest BCUT2D eigenvalue weighted by Gasteiger charge is 2.28. The lowest BCUT2D eigenvalue weighted by Gasteiger charge is -2.11. The highest BCUT2D eigenvalue weighted by Crippen LogP contribution is 2.37. The third kappa shape index (κ3) is 3.84. The molecule has 0 saturated heterocycles. The molecule has 0 aliphatic heterocycles. The third-order valence-electron chi connectivity index (χ3n) is 2.45. The number of benzene rings is 1. The molecule has 2 aromatic rings. The van der Waals surface area contributed by atoms with Crippen molar-refractivity contribution in [2.24, 2.45) is 0 Å². The SMILES string of the molecule is FC(F)(F)COCC(Cl)c1csc2c(Br)cccc12. The molecule has 1 heterocycles. The topological polar surface area (TPSA) is 9.23 Å². The molecule has 1 aromatic heterocycles. The van der Waals surface area contributed by atoms with E-state index in [4.69, 9.17) is 11.6 Å². The summed E-state index contributed by atoms with van der Waals surface area (Å²) in [5.41, 5.74) is 0.796. The zero-order chi connectivity index (χ0) is 14.0. The van der Waals surface area contributed by atoms with Crippen molar-refractivity contribution in [3.63, 3.8) is 0 Å². The molecule has 0 bridgehead atoms. The molecule has 0 spiro atoms. The van der Waals surface area contributed by atoms with Gasteiger partial charge in [-0.2, -0.15) is 13.2 Å². The lowest BCUT2D eigenvalue weighted by Crippen LogP contribution is -2.18. The molecule has 1 aromatic carbocycles. The van der Waals surface area contributed by atoms with Gasteiger partial charge in [-0.25, -0.2) is 0 Å². The van der Waals surface area contributed by atoms with Crippen LogP contribution in [-0.2, 0) is 4.74 Å². The van der Waals surface area contributed by atoms with Crippen LogP contribution in [0.1, 0.15) is 10.9 Å². The molecule has 2 rings (SSSR count). The van der Waals surface area contributed by atoms with Crippen molar-refractivity contribution in [1.29, 1.82) is 0 Å².